The van der Waals surface area contributed by atoms with Gasteiger partial charge in [0.15, 0.2) is 5.78 Å². The molecule has 0 spiro atoms. The van der Waals surface area contributed by atoms with Crippen LogP contribution in [0, 0.1) is 5.82 Å². The fraction of sp³-hybridized carbons (Fsp3) is 0.103. The van der Waals surface area contributed by atoms with Crippen molar-refractivity contribution in [2.24, 2.45) is 0 Å². The predicted octanol–water partition coefficient (Wildman–Crippen LogP) is 4.28. The SMILES string of the molecule is COC(=O)/C=C(C(=O)OC)\C(C(=O)c1ccccc1)=C1/C(=O)N(Cc2ccccc2)c2ccc(F)cc21. The van der Waals surface area contributed by atoms with Gasteiger partial charge in [-0.05, 0) is 23.8 Å². The third-order valence-corrected chi connectivity index (χ3v) is 5.81. The zero-order valence-electron chi connectivity index (χ0n) is 20.1. The van der Waals surface area contributed by atoms with Crippen molar-refractivity contribution in [2.45, 2.75) is 6.54 Å². The molecule has 3 aromatic rings. The van der Waals surface area contributed by atoms with E-state index in [-0.39, 0.29) is 23.2 Å². The summed E-state index contributed by atoms with van der Waals surface area (Å²) in [5.41, 5.74) is 0.309. The molecule has 0 saturated carbocycles. The van der Waals surface area contributed by atoms with E-state index in [1.165, 1.54) is 29.2 Å². The molecule has 0 atom stereocenters. The van der Waals surface area contributed by atoms with Crippen molar-refractivity contribution < 1.29 is 33.0 Å². The summed E-state index contributed by atoms with van der Waals surface area (Å²) in [6, 6.07) is 20.8. The number of halogens is 1. The highest BCUT2D eigenvalue weighted by Crippen LogP contribution is 2.42. The van der Waals surface area contributed by atoms with Gasteiger partial charge >= 0.3 is 11.9 Å². The second-order valence-electron chi connectivity index (χ2n) is 8.06. The number of Topliss-reactive ketones (excluding diaryl/α,β-unsaturated/α-hetero) is 1. The number of rotatable bonds is 7. The molecule has 8 heteroatoms. The molecule has 0 fully saturated rings. The summed E-state index contributed by atoms with van der Waals surface area (Å²) < 4.78 is 24.0. The lowest BCUT2D eigenvalue weighted by atomic mass is 9.89. The number of carbonyl (C=O) groups excluding carboxylic acids is 4. The summed E-state index contributed by atoms with van der Waals surface area (Å²) in [6.07, 6.45) is 0.793. The molecule has 37 heavy (non-hydrogen) atoms. The molecule has 4 rings (SSSR count). The number of carbonyl (C=O) groups is 4. The molecule has 1 heterocycles. The van der Waals surface area contributed by atoms with Crippen molar-refractivity contribution in [2.75, 3.05) is 19.1 Å². The number of esters is 2. The molecule has 7 nitrogen and oxygen atoms in total. The molecule has 0 bridgehead atoms. The number of methoxy groups -OCH3 is 2. The van der Waals surface area contributed by atoms with Crippen LogP contribution >= 0.6 is 0 Å². The lowest BCUT2D eigenvalue weighted by Crippen LogP contribution is -2.27. The summed E-state index contributed by atoms with van der Waals surface area (Å²) in [7, 11) is 2.18. The molecule has 0 saturated heterocycles. The fourth-order valence-corrected chi connectivity index (χ4v) is 4.09. The van der Waals surface area contributed by atoms with E-state index in [9.17, 15) is 23.6 Å². The van der Waals surface area contributed by atoms with E-state index in [0.29, 0.717) is 5.69 Å². The third-order valence-electron chi connectivity index (χ3n) is 5.81. The number of hydrogen-bond acceptors (Lipinski definition) is 6. The van der Waals surface area contributed by atoms with Crippen LogP contribution in [0.1, 0.15) is 21.5 Å². The van der Waals surface area contributed by atoms with Crippen LogP contribution in [0.5, 0.6) is 0 Å². The highest BCUT2D eigenvalue weighted by molar-refractivity contribution is 6.40. The van der Waals surface area contributed by atoms with Gasteiger partial charge in [0.1, 0.15) is 5.82 Å². The maximum atomic E-state index is 14.5. The zero-order chi connectivity index (χ0) is 26.5. The first-order chi connectivity index (χ1) is 17.8. The van der Waals surface area contributed by atoms with Gasteiger partial charge in [0.2, 0.25) is 0 Å². The van der Waals surface area contributed by atoms with Crippen LogP contribution in [0.4, 0.5) is 10.1 Å². The lowest BCUT2D eigenvalue weighted by molar-refractivity contribution is -0.138. The Morgan fingerprint density at radius 1 is 0.892 bits per heavy atom. The summed E-state index contributed by atoms with van der Waals surface area (Å²) in [4.78, 5) is 54.2. The van der Waals surface area contributed by atoms with Crippen LogP contribution in [0.25, 0.3) is 5.57 Å². The first kappa shape index (κ1) is 25.2. The molecule has 1 aliphatic rings. The minimum Gasteiger partial charge on any atom is -0.466 e. The van der Waals surface area contributed by atoms with Gasteiger partial charge in [0, 0.05) is 17.2 Å². The van der Waals surface area contributed by atoms with Gasteiger partial charge in [-0.15, -0.1) is 0 Å². The molecule has 1 aliphatic heterocycles. The molecule has 0 radical (unpaired) electrons. The first-order valence-corrected chi connectivity index (χ1v) is 11.2. The van der Waals surface area contributed by atoms with Crippen LogP contribution in [-0.2, 0) is 30.4 Å². The van der Waals surface area contributed by atoms with Gasteiger partial charge in [-0.1, -0.05) is 60.7 Å². The van der Waals surface area contributed by atoms with Crippen molar-refractivity contribution in [3.05, 3.63) is 119 Å². The van der Waals surface area contributed by atoms with Crippen molar-refractivity contribution in [3.8, 4) is 0 Å². The van der Waals surface area contributed by atoms with Gasteiger partial charge in [0.25, 0.3) is 5.91 Å². The summed E-state index contributed by atoms with van der Waals surface area (Å²) in [5, 5.41) is 0. The van der Waals surface area contributed by atoms with Gasteiger partial charge < -0.3 is 14.4 Å². The van der Waals surface area contributed by atoms with E-state index in [0.717, 1.165) is 31.9 Å². The van der Waals surface area contributed by atoms with Crippen LogP contribution in [0.3, 0.4) is 0 Å². The highest BCUT2D eigenvalue weighted by atomic mass is 19.1. The Morgan fingerprint density at radius 3 is 2.16 bits per heavy atom. The number of amides is 1. The Kier molecular flexibility index (Phi) is 7.39. The third kappa shape index (κ3) is 5.08. The standard InChI is InChI=1S/C29H22FNO6/c1-36-24(32)16-22(29(35)37-2)25(27(33)19-11-7-4-8-12-19)26-21-15-20(30)13-14-23(21)31(28(26)34)17-18-9-5-3-6-10-18/h3-16H,17H2,1-2H3/b22-16+,26-25+. The Balaban J connectivity index is 2.03. The second kappa shape index (κ2) is 10.8. The highest BCUT2D eigenvalue weighted by Gasteiger charge is 2.39. The quantitative estimate of drug-likeness (QED) is 0.274. The average molecular weight is 499 g/mol. The molecule has 0 unspecified atom stereocenters. The van der Waals surface area contributed by atoms with Crippen molar-refractivity contribution in [1.82, 2.24) is 0 Å². The fourth-order valence-electron chi connectivity index (χ4n) is 4.09. The monoisotopic (exact) mass is 499 g/mol. The van der Waals surface area contributed by atoms with Crippen molar-refractivity contribution in [3.63, 3.8) is 0 Å². The molecule has 1 amide bonds. The predicted molar refractivity (Wildman–Crippen MR) is 134 cm³/mol. The Morgan fingerprint density at radius 2 is 1.54 bits per heavy atom. The number of benzene rings is 3. The molecule has 0 aromatic heterocycles. The zero-order valence-corrected chi connectivity index (χ0v) is 20.1. The number of hydrogen-bond donors (Lipinski definition) is 0. The normalized spacial score (nSPS) is 14.2. The molecular formula is C29H22FNO6. The lowest BCUT2D eigenvalue weighted by Gasteiger charge is -2.18. The van der Waals surface area contributed by atoms with Gasteiger partial charge in [-0.3, -0.25) is 9.59 Å². The van der Waals surface area contributed by atoms with Gasteiger partial charge in [-0.2, -0.15) is 0 Å². The Bertz CT molecular complexity index is 1440. The topological polar surface area (TPSA) is 90.0 Å². The van der Waals surface area contributed by atoms with E-state index in [4.69, 9.17) is 4.74 Å². The number of ether oxygens (including phenoxy) is 2. The number of nitrogens with zero attached hydrogens (tertiary/aromatic N) is 1. The summed E-state index contributed by atoms with van der Waals surface area (Å²) in [5.74, 6) is -3.98. The second-order valence-corrected chi connectivity index (χ2v) is 8.06. The average Bonchev–Trinajstić information content (AvgIpc) is 3.18. The minimum atomic E-state index is -1.04. The summed E-state index contributed by atoms with van der Waals surface area (Å²) in [6.45, 7) is 0.128. The molecule has 186 valence electrons. The van der Waals surface area contributed by atoms with Crippen molar-refractivity contribution >= 4 is 34.9 Å². The van der Waals surface area contributed by atoms with Crippen LogP contribution in [0.2, 0.25) is 0 Å². The summed E-state index contributed by atoms with van der Waals surface area (Å²) >= 11 is 0. The molecule has 0 aliphatic carbocycles. The van der Waals surface area contributed by atoms with E-state index < -0.39 is 40.6 Å². The van der Waals surface area contributed by atoms with Crippen LogP contribution in [-0.4, -0.2) is 37.8 Å². The number of anilines is 1. The smallest absolute Gasteiger partial charge is 0.338 e. The van der Waals surface area contributed by atoms with Gasteiger partial charge in [-0.25, -0.2) is 14.0 Å². The Hall–Kier alpha value is -4.85. The van der Waals surface area contributed by atoms with E-state index in [1.54, 1.807) is 18.2 Å². The van der Waals surface area contributed by atoms with Gasteiger partial charge in [0.05, 0.1) is 43.2 Å². The van der Waals surface area contributed by atoms with E-state index in [1.807, 2.05) is 30.3 Å². The molecule has 3 aromatic carbocycles. The maximum Gasteiger partial charge on any atom is 0.338 e. The molecule has 0 N–H and O–H groups in total. The van der Waals surface area contributed by atoms with E-state index in [2.05, 4.69) is 4.74 Å². The van der Waals surface area contributed by atoms with Crippen LogP contribution in [0.15, 0.2) is 96.1 Å². The van der Waals surface area contributed by atoms with E-state index >= 15 is 0 Å². The maximum absolute atomic E-state index is 14.5. The number of fused-ring (bicyclic) bond motifs is 1. The van der Waals surface area contributed by atoms with Crippen molar-refractivity contribution in [1.29, 1.82) is 0 Å². The first-order valence-electron chi connectivity index (χ1n) is 11.2. The van der Waals surface area contributed by atoms with Crippen LogP contribution < -0.4 is 4.90 Å². The minimum absolute atomic E-state index is 0.111. The Labute approximate surface area is 212 Å². The largest absolute Gasteiger partial charge is 0.466 e. The number of ketones is 1. The molecular weight excluding hydrogens is 477 g/mol.